The van der Waals surface area contributed by atoms with Gasteiger partial charge in [0.2, 0.25) is 15.9 Å². The van der Waals surface area contributed by atoms with E-state index in [9.17, 15) is 13.2 Å². The SMILES string of the molecule is CCc1cccc(C)c1NC(=O)C(CC)N(c1cccc(C)c1)S(C)(=O)=O. The predicted molar refractivity (Wildman–Crippen MR) is 112 cm³/mol. The second-order valence-corrected chi connectivity index (χ2v) is 8.63. The van der Waals surface area contributed by atoms with Crippen LogP contribution in [-0.2, 0) is 21.2 Å². The molecule has 2 rings (SSSR count). The molecule has 0 saturated carbocycles. The maximum absolute atomic E-state index is 13.1. The topological polar surface area (TPSA) is 66.5 Å². The summed E-state index contributed by atoms with van der Waals surface area (Å²) >= 11 is 0. The van der Waals surface area contributed by atoms with E-state index >= 15 is 0 Å². The minimum atomic E-state index is -3.64. The van der Waals surface area contributed by atoms with Crippen molar-refractivity contribution < 1.29 is 13.2 Å². The molecule has 146 valence electrons. The van der Waals surface area contributed by atoms with Gasteiger partial charge in [0.05, 0.1) is 11.9 Å². The average molecular weight is 389 g/mol. The lowest BCUT2D eigenvalue weighted by Crippen LogP contribution is -2.47. The Morgan fingerprint density at radius 3 is 2.33 bits per heavy atom. The van der Waals surface area contributed by atoms with E-state index in [4.69, 9.17) is 0 Å². The summed E-state index contributed by atoms with van der Waals surface area (Å²) in [6, 6.07) is 12.2. The number of anilines is 2. The lowest BCUT2D eigenvalue weighted by Gasteiger charge is -2.30. The van der Waals surface area contributed by atoms with E-state index in [1.54, 1.807) is 18.2 Å². The average Bonchev–Trinajstić information content (AvgIpc) is 2.59. The quantitative estimate of drug-likeness (QED) is 0.778. The van der Waals surface area contributed by atoms with Gasteiger partial charge in [0.15, 0.2) is 0 Å². The van der Waals surface area contributed by atoms with Crippen molar-refractivity contribution in [1.82, 2.24) is 0 Å². The first-order valence-electron chi connectivity index (χ1n) is 9.14. The Balaban J connectivity index is 2.44. The van der Waals surface area contributed by atoms with Crippen LogP contribution in [0.1, 0.15) is 37.0 Å². The number of benzene rings is 2. The van der Waals surface area contributed by atoms with Gasteiger partial charge in [-0.3, -0.25) is 9.10 Å². The van der Waals surface area contributed by atoms with Crippen LogP contribution in [0.4, 0.5) is 11.4 Å². The largest absolute Gasteiger partial charge is 0.324 e. The molecule has 0 radical (unpaired) electrons. The van der Waals surface area contributed by atoms with E-state index in [0.29, 0.717) is 12.1 Å². The summed E-state index contributed by atoms with van der Waals surface area (Å²) in [5, 5.41) is 2.97. The summed E-state index contributed by atoms with van der Waals surface area (Å²) in [6.45, 7) is 7.67. The third kappa shape index (κ3) is 4.89. The van der Waals surface area contributed by atoms with Crippen molar-refractivity contribution in [1.29, 1.82) is 0 Å². The molecule has 0 heterocycles. The van der Waals surface area contributed by atoms with E-state index in [2.05, 4.69) is 5.32 Å². The first-order chi connectivity index (χ1) is 12.7. The molecule has 27 heavy (non-hydrogen) atoms. The second kappa shape index (κ2) is 8.57. The third-order valence-corrected chi connectivity index (χ3v) is 5.75. The highest BCUT2D eigenvalue weighted by atomic mass is 32.2. The molecule has 0 aliphatic carbocycles. The van der Waals surface area contributed by atoms with Crippen LogP contribution in [0.25, 0.3) is 0 Å². The molecule has 0 aromatic heterocycles. The number of nitrogens with zero attached hydrogens (tertiary/aromatic N) is 1. The van der Waals surface area contributed by atoms with Crippen molar-refractivity contribution in [3.8, 4) is 0 Å². The fourth-order valence-electron chi connectivity index (χ4n) is 3.23. The molecule has 1 amide bonds. The minimum Gasteiger partial charge on any atom is -0.324 e. The van der Waals surface area contributed by atoms with Crippen LogP contribution < -0.4 is 9.62 Å². The Hall–Kier alpha value is -2.34. The summed E-state index contributed by atoms with van der Waals surface area (Å²) in [6.07, 6.45) is 2.28. The molecule has 1 atom stereocenters. The summed E-state index contributed by atoms with van der Waals surface area (Å²) < 4.78 is 26.3. The molecule has 2 aromatic rings. The molecule has 0 fully saturated rings. The summed E-state index contributed by atoms with van der Waals surface area (Å²) in [5.74, 6) is -0.326. The maximum atomic E-state index is 13.1. The monoisotopic (exact) mass is 388 g/mol. The Morgan fingerprint density at radius 1 is 1.11 bits per heavy atom. The van der Waals surface area contributed by atoms with Crippen molar-refractivity contribution in [3.63, 3.8) is 0 Å². The lowest BCUT2D eigenvalue weighted by atomic mass is 10.0. The number of nitrogens with one attached hydrogen (secondary N) is 1. The maximum Gasteiger partial charge on any atom is 0.248 e. The number of hydrogen-bond acceptors (Lipinski definition) is 3. The van der Waals surface area contributed by atoms with Gasteiger partial charge in [-0.05, 0) is 55.5 Å². The van der Waals surface area contributed by atoms with Crippen molar-refractivity contribution in [2.24, 2.45) is 0 Å². The highest BCUT2D eigenvalue weighted by Gasteiger charge is 2.32. The normalized spacial score (nSPS) is 12.5. The van der Waals surface area contributed by atoms with Crippen LogP contribution in [0.5, 0.6) is 0 Å². The number of aryl methyl sites for hydroxylation is 3. The van der Waals surface area contributed by atoms with E-state index in [0.717, 1.165) is 35.1 Å². The predicted octanol–water partition coefficient (Wildman–Crippen LogP) is 4.05. The summed E-state index contributed by atoms with van der Waals surface area (Å²) in [5.41, 5.74) is 4.18. The van der Waals surface area contributed by atoms with Gasteiger partial charge < -0.3 is 5.32 Å². The van der Waals surface area contributed by atoms with Crippen molar-refractivity contribution >= 4 is 27.3 Å². The zero-order chi connectivity index (χ0) is 20.2. The standard InChI is InChI=1S/C21H28N2O3S/c1-6-17-12-9-11-16(4)20(17)22-21(24)19(7-2)23(27(5,25)26)18-13-8-10-15(3)14-18/h8-14,19H,6-7H2,1-5H3,(H,22,24). The highest BCUT2D eigenvalue weighted by molar-refractivity contribution is 7.92. The van der Waals surface area contributed by atoms with Gasteiger partial charge >= 0.3 is 0 Å². The van der Waals surface area contributed by atoms with E-state index in [1.165, 1.54) is 4.31 Å². The minimum absolute atomic E-state index is 0.326. The Bertz CT molecular complexity index is 923. The first-order valence-corrected chi connectivity index (χ1v) is 11.0. The number of sulfonamides is 1. The zero-order valence-electron chi connectivity index (χ0n) is 16.6. The molecule has 1 N–H and O–H groups in total. The van der Waals surface area contributed by atoms with E-state index in [-0.39, 0.29) is 5.91 Å². The van der Waals surface area contributed by atoms with Gasteiger partial charge in [0.1, 0.15) is 6.04 Å². The molecule has 2 aromatic carbocycles. The smallest absolute Gasteiger partial charge is 0.248 e. The van der Waals surface area contributed by atoms with Crippen molar-refractivity contribution in [2.75, 3.05) is 15.9 Å². The molecule has 0 bridgehead atoms. The van der Waals surface area contributed by atoms with Gasteiger partial charge in [-0.25, -0.2) is 8.42 Å². The Labute approximate surface area is 162 Å². The van der Waals surface area contributed by atoms with Crippen LogP contribution in [0.15, 0.2) is 42.5 Å². The van der Waals surface area contributed by atoms with Crippen molar-refractivity contribution in [3.05, 3.63) is 59.2 Å². The number of para-hydroxylation sites is 1. The summed E-state index contributed by atoms with van der Waals surface area (Å²) in [7, 11) is -3.64. The van der Waals surface area contributed by atoms with Crippen LogP contribution in [0.2, 0.25) is 0 Å². The van der Waals surface area contributed by atoms with Gasteiger partial charge in [0.25, 0.3) is 0 Å². The molecule has 1 unspecified atom stereocenters. The van der Waals surface area contributed by atoms with Crippen LogP contribution in [0, 0.1) is 13.8 Å². The number of rotatable bonds is 7. The highest BCUT2D eigenvalue weighted by Crippen LogP contribution is 2.26. The number of hydrogen-bond donors (Lipinski definition) is 1. The third-order valence-electron chi connectivity index (χ3n) is 4.57. The number of carbonyl (C=O) groups excluding carboxylic acids is 1. The van der Waals surface area contributed by atoms with Gasteiger partial charge in [-0.1, -0.05) is 44.2 Å². The Morgan fingerprint density at radius 2 is 1.78 bits per heavy atom. The first kappa shape index (κ1) is 21.0. The zero-order valence-corrected chi connectivity index (χ0v) is 17.4. The van der Waals surface area contributed by atoms with E-state index in [1.807, 2.05) is 52.0 Å². The van der Waals surface area contributed by atoms with Crippen LogP contribution >= 0.6 is 0 Å². The number of amides is 1. The molecular formula is C21H28N2O3S. The molecule has 6 heteroatoms. The fraction of sp³-hybridized carbons (Fsp3) is 0.381. The molecule has 5 nitrogen and oxygen atoms in total. The van der Waals surface area contributed by atoms with Crippen LogP contribution in [0.3, 0.4) is 0 Å². The fourth-order valence-corrected chi connectivity index (χ4v) is 4.44. The lowest BCUT2D eigenvalue weighted by molar-refractivity contribution is -0.117. The molecular weight excluding hydrogens is 360 g/mol. The second-order valence-electron chi connectivity index (χ2n) is 6.77. The molecule has 0 saturated heterocycles. The summed E-state index contributed by atoms with van der Waals surface area (Å²) in [4.78, 5) is 13.1. The van der Waals surface area contributed by atoms with E-state index < -0.39 is 16.1 Å². The van der Waals surface area contributed by atoms with Gasteiger partial charge in [-0.2, -0.15) is 0 Å². The van der Waals surface area contributed by atoms with Crippen molar-refractivity contribution in [2.45, 2.75) is 46.6 Å². The molecule has 0 aliphatic rings. The molecule has 0 spiro atoms. The molecule has 0 aliphatic heterocycles. The van der Waals surface area contributed by atoms with Crippen LogP contribution in [-0.4, -0.2) is 26.6 Å². The van der Waals surface area contributed by atoms with Gasteiger partial charge in [0, 0.05) is 5.69 Å². The Kier molecular flexibility index (Phi) is 6.65. The van der Waals surface area contributed by atoms with Gasteiger partial charge in [-0.15, -0.1) is 0 Å². The number of carbonyl (C=O) groups is 1.